The molecule has 0 saturated heterocycles. The molecule has 25 heavy (non-hydrogen) atoms. The smallest absolute Gasteiger partial charge is 0.229 e. The Labute approximate surface area is 143 Å². The molecular weight excluding hydrogens is 325 g/mol. The van der Waals surface area contributed by atoms with Crippen LogP contribution in [-0.4, -0.2) is 31.7 Å². The van der Waals surface area contributed by atoms with Crippen molar-refractivity contribution >= 4 is 23.4 Å². The van der Waals surface area contributed by atoms with E-state index >= 15 is 0 Å². The van der Waals surface area contributed by atoms with E-state index in [2.05, 4.69) is 31.8 Å². The summed E-state index contributed by atoms with van der Waals surface area (Å²) in [7, 11) is 1.79. The third-order valence-corrected chi connectivity index (χ3v) is 4.80. The van der Waals surface area contributed by atoms with E-state index < -0.39 is 5.82 Å². The van der Waals surface area contributed by atoms with E-state index in [0.29, 0.717) is 5.69 Å². The number of amides is 1. The lowest BCUT2D eigenvalue weighted by atomic mass is 9.88. The molecule has 2 aromatic heterocycles. The number of nitrogens with one attached hydrogen (secondary N) is 2. The molecule has 2 aliphatic rings. The lowest BCUT2D eigenvalue weighted by molar-refractivity contribution is -0.122. The van der Waals surface area contributed by atoms with Crippen LogP contribution in [0.2, 0.25) is 0 Å². The number of carbonyl (C=O) groups excluding carboxylic acids is 1. The molecule has 4 rings (SSSR count). The molecule has 1 fully saturated rings. The first-order valence-electron chi connectivity index (χ1n) is 8.03. The van der Waals surface area contributed by atoms with Gasteiger partial charge >= 0.3 is 0 Å². The van der Waals surface area contributed by atoms with Crippen molar-refractivity contribution in [3.63, 3.8) is 0 Å². The largest absolute Gasteiger partial charge is 0.369 e. The van der Waals surface area contributed by atoms with E-state index in [9.17, 15) is 9.18 Å². The van der Waals surface area contributed by atoms with Crippen LogP contribution in [0.4, 0.5) is 21.8 Å². The van der Waals surface area contributed by atoms with E-state index in [1.165, 1.54) is 0 Å². The third-order valence-electron chi connectivity index (χ3n) is 4.80. The van der Waals surface area contributed by atoms with E-state index in [1.807, 2.05) is 6.08 Å². The van der Waals surface area contributed by atoms with Gasteiger partial charge in [-0.15, -0.1) is 0 Å². The lowest BCUT2D eigenvalue weighted by Crippen LogP contribution is -2.41. The fourth-order valence-corrected chi connectivity index (χ4v) is 3.71. The molecule has 4 atom stereocenters. The normalized spacial score (nSPS) is 26.8. The van der Waals surface area contributed by atoms with Crippen molar-refractivity contribution in [3.8, 4) is 0 Å². The quantitative estimate of drug-likeness (QED) is 0.703. The number of primary amides is 1. The molecule has 0 spiro atoms. The molecule has 8 nitrogen and oxygen atoms in total. The predicted molar refractivity (Wildman–Crippen MR) is 89.3 cm³/mol. The van der Waals surface area contributed by atoms with Crippen molar-refractivity contribution < 1.29 is 9.18 Å². The standard InChI is InChI=1S/C16H18FN7O/c1-24-7-10(5-20-24)21-16-19-6-11(17)15(23-16)22-13-9-3-2-8(4-9)12(13)14(18)25/h2-3,5-9,12-13H,4H2,1H3,(H2,18,25)(H2,19,21,22,23)/t8-,9-,12-,13+/m1/s1. The van der Waals surface area contributed by atoms with Gasteiger partial charge in [-0.1, -0.05) is 12.2 Å². The second-order valence-electron chi connectivity index (χ2n) is 6.46. The summed E-state index contributed by atoms with van der Waals surface area (Å²) in [6.07, 6.45) is 9.38. The maximum absolute atomic E-state index is 14.2. The molecule has 1 saturated carbocycles. The Balaban J connectivity index is 1.57. The second kappa shape index (κ2) is 5.83. The van der Waals surface area contributed by atoms with Crippen LogP contribution in [0.25, 0.3) is 0 Å². The molecule has 0 radical (unpaired) electrons. The molecule has 1 amide bonds. The maximum atomic E-state index is 14.2. The van der Waals surface area contributed by atoms with Gasteiger partial charge in [0.05, 0.1) is 24.0 Å². The van der Waals surface area contributed by atoms with Gasteiger partial charge in [0.25, 0.3) is 0 Å². The highest BCUT2D eigenvalue weighted by Crippen LogP contribution is 2.44. The van der Waals surface area contributed by atoms with Gasteiger partial charge in [0.15, 0.2) is 11.6 Å². The molecule has 2 bridgehead atoms. The van der Waals surface area contributed by atoms with Gasteiger partial charge in [0, 0.05) is 19.3 Å². The number of allylic oxidation sites excluding steroid dienone is 1. The van der Waals surface area contributed by atoms with Crippen LogP contribution < -0.4 is 16.4 Å². The van der Waals surface area contributed by atoms with Crippen LogP contribution in [-0.2, 0) is 11.8 Å². The van der Waals surface area contributed by atoms with Crippen LogP contribution in [0.15, 0.2) is 30.7 Å². The van der Waals surface area contributed by atoms with E-state index in [0.717, 1.165) is 12.6 Å². The van der Waals surface area contributed by atoms with Gasteiger partial charge in [-0.25, -0.2) is 9.37 Å². The molecule has 2 aliphatic carbocycles. The summed E-state index contributed by atoms with van der Waals surface area (Å²) in [5.41, 5.74) is 6.23. The Bertz CT molecular complexity index is 849. The average molecular weight is 343 g/mol. The monoisotopic (exact) mass is 343 g/mol. The van der Waals surface area contributed by atoms with Crippen molar-refractivity contribution in [2.24, 2.45) is 30.5 Å². The molecule has 2 heterocycles. The fourth-order valence-electron chi connectivity index (χ4n) is 3.71. The van der Waals surface area contributed by atoms with Gasteiger partial charge in [0.1, 0.15) is 0 Å². The summed E-state index contributed by atoms with van der Waals surface area (Å²) in [5.74, 6) is -0.766. The van der Waals surface area contributed by atoms with E-state index in [4.69, 9.17) is 5.73 Å². The number of aromatic nitrogens is 4. The van der Waals surface area contributed by atoms with Crippen LogP contribution in [0.3, 0.4) is 0 Å². The number of carbonyl (C=O) groups is 1. The number of hydrogen-bond donors (Lipinski definition) is 3. The number of hydrogen-bond acceptors (Lipinski definition) is 6. The van der Waals surface area contributed by atoms with E-state index in [-0.39, 0.29) is 41.5 Å². The molecule has 0 aliphatic heterocycles. The van der Waals surface area contributed by atoms with Crippen molar-refractivity contribution in [3.05, 3.63) is 36.6 Å². The number of rotatable bonds is 5. The summed E-state index contributed by atoms with van der Waals surface area (Å²) in [5, 5.41) is 10.1. The summed E-state index contributed by atoms with van der Waals surface area (Å²) >= 11 is 0. The number of anilines is 3. The van der Waals surface area contributed by atoms with Crippen LogP contribution in [0, 0.1) is 23.6 Å². The van der Waals surface area contributed by atoms with Gasteiger partial charge < -0.3 is 16.4 Å². The second-order valence-corrected chi connectivity index (χ2v) is 6.46. The Morgan fingerprint density at radius 1 is 1.36 bits per heavy atom. The minimum atomic E-state index is -0.577. The van der Waals surface area contributed by atoms with Crippen LogP contribution in [0.1, 0.15) is 6.42 Å². The first-order chi connectivity index (χ1) is 12.0. The van der Waals surface area contributed by atoms with Gasteiger partial charge in [-0.2, -0.15) is 10.1 Å². The molecule has 2 aromatic rings. The number of halogens is 1. The first kappa shape index (κ1) is 15.6. The van der Waals surface area contributed by atoms with Gasteiger partial charge in [0.2, 0.25) is 11.9 Å². The summed E-state index contributed by atoms with van der Waals surface area (Å²) in [6.45, 7) is 0. The highest BCUT2D eigenvalue weighted by Gasteiger charge is 2.47. The van der Waals surface area contributed by atoms with Crippen molar-refractivity contribution in [2.75, 3.05) is 10.6 Å². The van der Waals surface area contributed by atoms with Gasteiger partial charge in [-0.3, -0.25) is 9.48 Å². The SMILES string of the molecule is Cn1cc(Nc2ncc(F)c(N[C@@H]3[C@H](C(N)=O)[C@@H]4C=C[C@@H]3C4)n2)cn1. The average Bonchev–Trinajstić information content (AvgIpc) is 3.26. The van der Waals surface area contributed by atoms with Crippen LogP contribution >= 0.6 is 0 Å². The van der Waals surface area contributed by atoms with Crippen molar-refractivity contribution in [2.45, 2.75) is 12.5 Å². The Kier molecular flexibility index (Phi) is 3.63. The van der Waals surface area contributed by atoms with E-state index in [1.54, 1.807) is 24.1 Å². The fraction of sp³-hybridized carbons (Fsp3) is 0.375. The summed E-state index contributed by atoms with van der Waals surface area (Å²) in [6, 6.07) is -0.261. The van der Waals surface area contributed by atoms with Crippen molar-refractivity contribution in [1.82, 2.24) is 19.7 Å². The lowest BCUT2D eigenvalue weighted by Gasteiger charge is -2.27. The van der Waals surface area contributed by atoms with Crippen LogP contribution in [0.5, 0.6) is 0 Å². The third kappa shape index (κ3) is 2.81. The molecule has 9 heteroatoms. The van der Waals surface area contributed by atoms with Crippen molar-refractivity contribution in [1.29, 1.82) is 0 Å². The molecular formula is C16H18FN7O. The summed E-state index contributed by atoms with van der Waals surface area (Å²) < 4.78 is 15.8. The Morgan fingerprint density at radius 3 is 2.88 bits per heavy atom. The highest BCUT2D eigenvalue weighted by atomic mass is 19.1. The molecule has 0 unspecified atom stereocenters. The zero-order valence-corrected chi connectivity index (χ0v) is 13.6. The Morgan fingerprint density at radius 2 is 2.16 bits per heavy atom. The topological polar surface area (TPSA) is 111 Å². The number of nitrogens with two attached hydrogens (primary N) is 1. The predicted octanol–water partition coefficient (Wildman–Crippen LogP) is 1.18. The zero-order chi connectivity index (χ0) is 17.6. The molecule has 130 valence electrons. The highest BCUT2D eigenvalue weighted by molar-refractivity contribution is 5.79. The summed E-state index contributed by atoms with van der Waals surface area (Å²) in [4.78, 5) is 19.9. The Hall–Kier alpha value is -2.97. The first-order valence-corrected chi connectivity index (χ1v) is 8.03. The molecule has 0 aromatic carbocycles. The minimum Gasteiger partial charge on any atom is -0.369 e. The maximum Gasteiger partial charge on any atom is 0.229 e. The minimum absolute atomic E-state index is 0.0543. The number of aryl methyl sites for hydroxylation is 1. The number of fused-ring (bicyclic) bond motifs is 2. The molecule has 4 N–H and O–H groups in total. The number of nitrogens with zero attached hydrogens (tertiary/aromatic N) is 4. The van der Waals surface area contributed by atoms with Gasteiger partial charge in [-0.05, 0) is 18.3 Å². The zero-order valence-electron chi connectivity index (χ0n) is 13.6.